The number of rotatable bonds is 6. The predicted octanol–water partition coefficient (Wildman–Crippen LogP) is 5.17. The summed E-state index contributed by atoms with van der Waals surface area (Å²) in [6.07, 6.45) is -0.505. The molecular weight excluding hydrogens is 354 g/mol. The molecule has 0 aliphatic rings. The number of carboxylic acid groups (broad SMARTS) is 1. The van der Waals surface area contributed by atoms with E-state index in [2.05, 4.69) is 0 Å². The molecule has 2 rings (SSSR count). The molecule has 0 fully saturated rings. The molecule has 0 unspecified atom stereocenters. The molecule has 1 amide bonds. The number of hydrogen-bond donors (Lipinski definition) is 1. The zero-order valence-electron chi connectivity index (χ0n) is 17.2. The lowest BCUT2D eigenvalue weighted by atomic mass is 9.95. The number of carbonyl (C=O) groups excluding carboxylic acids is 1. The van der Waals surface area contributed by atoms with Crippen LogP contribution in [0.4, 0.5) is 4.79 Å². The molecule has 5 heteroatoms. The highest BCUT2D eigenvalue weighted by atomic mass is 16.6. The quantitative estimate of drug-likeness (QED) is 0.747. The van der Waals surface area contributed by atoms with Crippen LogP contribution < -0.4 is 0 Å². The molecule has 0 saturated carbocycles. The molecule has 0 aromatic heterocycles. The van der Waals surface area contributed by atoms with E-state index in [0.717, 1.165) is 11.1 Å². The number of carboxylic acids is 1. The van der Waals surface area contributed by atoms with Crippen LogP contribution in [0.3, 0.4) is 0 Å². The van der Waals surface area contributed by atoms with Crippen molar-refractivity contribution in [3.8, 4) is 11.1 Å². The zero-order chi connectivity index (χ0) is 20.9. The fourth-order valence-corrected chi connectivity index (χ4v) is 2.88. The Balaban J connectivity index is 2.24. The van der Waals surface area contributed by atoms with Gasteiger partial charge in [0.1, 0.15) is 5.60 Å². The van der Waals surface area contributed by atoms with Crippen LogP contribution in [0.25, 0.3) is 11.1 Å². The largest absolute Gasteiger partial charge is 0.481 e. The second-order valence-electron chi connectivity index (χ2n) is 8.11. The van der Waals surface area contributed by atoms with E-state index < -0.39 is 23.6 Å². The lowest BCUT2D eigenvalue weighted by Gasteiger charge is -2.32. The van der Waals surface area contributed by atoms with E-state index >= 15 is 0 Å². The minimum atomic E-state index is -0.971. The minimum absolute atomic E-state index is 0.0482. The summed E-state index contributed by atoms with van der Waals surface area (Å²) >= 11 is 0. The van der Waals surface area contributed by atoms with Crippen LogP contribution in [0.1, 0.15) is 46.1 Å². The third kappa shape index (κ3) is 5.84. The van der Waals surface area contributed by atoms with E-state index in [0.29, 0.717) is 5.56 Å². The van der Waals surface area contributed by atoms with Crippen LogP contribution in [0, 0.1) is 0 Å². The topological polar surface area (TPSA) is 66.8 Å². The van der Waals surface area contributed by atoms with Crippen LogP contribution in [-0.2, 0) is 9.53 Å². The third-order valence-electron chi connectivity index (χ3n) is 4.35. The smallest absolute Gasteiger partial charge is 0.410 e. The van der Waals surface area contributed by atoms with Gasteiger partial charge in [0.2, 0.25) is 0 Å². The van der Waals surface area contributed by atoms with E-state index in [1.807, 2.05) is 68.4 Å². The highest BCUT2D eigenvalue weighted by Gasteiger charge is 2.30. The first-order valence-corrected chi connectivity index (χ1v) is 9.46. The summed E-state index contributed by atoms with van der Waals surface area (Å²) in [4.78, 5) is 25.9. The molecule has 0 heterocycles. The maximum atomic E-state index is 12.5. The molecule has 2 aromatic rings. The molecule has 0 spiro atoms. The first-order valence-electron chi connectivity index (χ1n) is 9.46. The maximum absolute atomic E-state index is 12.5. The molecule has 0 aliphatic carbocycles. The van der Waals surface area contributed by atoms with Gasteiger partial charge < -0.3 is 14.7 Å². The number of amides is 1. The van der Waals surface area contributed by atoms with Crippen LogP contribution in [-0.4, -0.2) is 40.3 Å². The Morgan fingerprint density at radius 1 is 0.964 bits per heavy atom. The normalized spacial score (nSPS) is 12.5. The second-order valence-corrected chi connectivity index (χ2v) is 8.11. The van der Waals surface area contributed by atoms with Gasteiger partial charge in [-0.1, -0.05) is 54.6 Å². The van der Waals surface area contributed by atoms with E-state index in [9.17, 15) is 14.7 Å². The van der Waals surface area contributed by atoms with Crippen molar-refractivity contribution in [3.05, 3.63) is 60.2 Å². The first kappa shape index (κ1) is 21.5. The molecule has 28 heavy (non-hydrogen) atoms. The van der Waals surface area contributed by atoms with E-state index in [4.69, 9.17) is 4.74 Å². The Kier molecular flexibility index (Phi) is 6.84. The average Bonchev–Trinajstić information content (AvgIpc) is 2.61. The van der Waals surface area contributed by atoms with Crippen molar-refractivity contribution in [2.75, 3.05) is 6.54 Å². The Hall–Kier alpha value is -2.82. The van der Waals surface area contributed by atoms with E-state index in [1.54, 1.807) is 20.8 Å². The van der Waals surface area contributed by atoms with Crippen molar-refractivity contribution in [1.82, 2.24) is 4.90 Å². The summed E-state index contributed by atoms with van der Waals surface area (Å²) < 4.78 is 5.45. The number of ether oxygens (including phenoxy) is 1. The molecule has 1 atom stereocenters. The van der Waals surface area contributed by atoms with Gasteiger partial charge in [-0.05, 0) is 51.3 Å². The van der Waals surface area contributed by atoms with Gasteiger partial charge in [-0.2, -0.15) is 0 Å². The van der Waals surface area contributed by atoms with Crippen LogP contribution in [0.2, 0.25) is 0 Å². The van der Waals surface area contributed by atoms with Gasteiger partial charge in [0.15, 0.2) is 0 Å². The summed E-state index contributed by atoms with van der Waals surface area (Å²) in [6, 6.07) is 17.2. The molecule has 1 N–H and O–H groups in total. The molecule has 2 aromatic carbocycles. The van der Waals surface area contributed by atoms with Crippen molar-refractivity contribution >= 4 is 12.1 Å². The summed E-state index contributed by atoms with van der Waals surface area (Å²) in [7, 11) is 0. The van der Waals surface area contributed by atoms with Gasteiger partial charge in [-0.15, -0.1) is 0 Å². The van der Waals surface area contributed by atoms with Crippen molar-refractivity contribution in [2.24, 2.45) is 0 Å². The highest BCUT2D eigenvalue weighted by molar-refractivity contribution is 5.78. The van der Waals surface area contributed by atoms with Gasteiger partial charge in [-0.3, -0.25) is 4.79 Å². The number of carbonyl (C=O) groups is 2. The zero-order valence-corrected chi connectivity index (χ0v) is 17.2. The third-order valence-corrected chi connectivity index (χ3v) is 4.35. The maximum Gasteiger partial charge on any atom is 0.410 e. The monoisotopic (exact) mass is 383 g/mol. The van der Waals surface area contributed by atoms with Gasteiger partial charge in [0.05, 0.1) is 5.92 Å². The Bertz CT molecular complexity index is 792. The molecule has 0 aliphatic heterocycles. The lowest BCUT2D eigenvalue weighted by Crippen LogP contribution is -2.44. The summed E-state index contributed by atoms with van der Waals surface area (Å²) in [5.74, 6) is -1.80. The number of aliphatic carboxylic acids is 1. The Morgan fingerprint density at radius 3 is 1.96 bits per heavy atom. The van der Waals surface area contributed by atoms with Crippen LogP contribution >= 0.6 is 0 Å². The van der Waals surface area contributed by atoms with Crippen molar-refractivity contribution in [2.45, 2.75) is 52.2 Å². The lowest BCUT2D eigenvalue weighted by molar-refractivity contribution is -0.139. The molecular formula is C23H29NO4. The van der Waals surface area contributed by atoms with E-state index in [1.165, 1.54) is 4.90 Å². The highest BCUT2D eigenvalue weighted by Crippen LogP contribution is 2.25. The standard InChI is InChI=1S/C23H29NO4/c1-16(2)24(22(27)28-23(3,4)5)15-20(21(25)26)19-13-11-18(12-14-19)17-9-7-6-8-10-17/h6-14,16,20H,15H2,1-5H3,(H,25,26)/t20-/m1/s1. The minimum Gasteiger partial charge on any atom is -0.481 e. The number of hydrogen-bond acceptors (Lipinski definition) is 3. The molecule has 0 saturated heterocycles. The van der Waals surface area contributed by atoms with Crippen molar-refractivity contribution < 1.29 is 19.4 Å². The SMILES string of the molecule is CC(C)N(C[C@@H](C(=O)O)c1ccc(-c2ccccc2)cc1)C(=O)OC(C)(C)C. The van der Waals surface area contributed by atoms with Crippen molar-refractivity contribution in [1.29, 1.82) is 0 Å². The Labute approximate surface area is 166 Å². The van der Waals surface area contributed by atoms with Gasteiger partial charge in [-0.25, -0.2) is 4.79 Å². The molecule has 5 nitrogen and oxygen atoms in total. The molecule has 0 bridgehead atoms. The van der Waals surface area contributed by atoms with Gasteiger partial charge >= 0.3 is 12.1 Å². The Morgan fingerprint density at radius 2 is 1.50 bits per heavy atom. The fourth-order valence-electron chi connectivity index (χ4n) is 2.88. The van der Waals surface area contributed by atoms with E-state index in [-0.39, 0.29) is 12.6 Å². The van der Waals surface area contributed by atoms with Gasteiger partial charge in [0, 0.05) is 12.6 Å². The fraction of sp³-hybridized carbons (Fsp3) is 0.391. The number of nitrogens with zero attached hydrogens (tertiary/aromatic N) is 1. The molecule has 0 radical (unpaired) electrons. The first-order chi connectivity index (χ1) is 13.1. The van der Waals surface area contributed by atoms with Crippen LogP contribution in [0.5, 0.6) is 0 Å². The number of benzene rings is 2. The summed E-state index contributed by atoms with van der Waals surface area (Å²) in [5, 5.41) is 9.78. The average molecular weight is 383 g/mol. The van der Waals surface area contributed by atoms with Gasteiger partial charge in [0.25, 0.3) is 0 Å². The van der Waals surface area contributed by atoms with Crippen molar-refractivity contribution in [3.63, 3.8) is 0 Å². The second kappa shape index (κ2) is 8.91. The molecule has 150 valence electrons. The van der Waals surface area contributed by atoms with Crippen LogP contribution in [0.15, 0.2) is 54.6 Å². The predicted molar refractivity (Wildman–Crippen MR) is 110 cm³/mol. The summed E-state index contributed by atoms with van der Waals surface area (Å²) in [6.45, 7) is 9.12. The summed E-state index contributed by atoms with van der Waals surface area (Å²) in [5.41, 5.74) is 2.10.